The zero-order valence-corrected chi connectivity index (χ0v) is 33.7. The Balaban J connectivity index is 1.13. The molecular formula is C50H60ClN2+. The second kappa shape index (κ2) is 16.2. The van der Waals surface area contributed by atoms with Crippen molar-refractivity contribution in [2.75, 3.05) is 11.9 Å². The lowest BCUT2D eigenvalue weighted by Crippen LogP contribution is -2.28. The van der Waals surface area contributed by atoms with Gasteiger partial charge in [-0.3, -0.25) is 0 Å². The predicted octanol–water partition coefficient (Wildman–Crippen LogP) is 14.7. The van der Waals surface area contributed by atoms with Gasteiger partial charge in [-0.2, -0.15) is 4.58 Å². The predicted molar refractivity (Wildman–Crippen MR) is 231 cm³/mol. The summed E-state index contributed by atoms with van der Waals surface area (Å²) in [6, 6.07) is 26.8. The molecule has 2 aliphatic heterocycles. The quantitative estimate of drug-likeness (QED) is 0.101. The average Bonchev–Trinajstić information content (AvgIpc) is 3.55. The number of rotatable bonds is 14. The minimum Gasteiger partial charge on any atom is -0.358 e. The first-order valence-corrected chi connectivity index (χ1v) is 21.0. The molecule has 7 rings (SSSR count). The second-order valence-electron chi connectivity index (χ2n) is 16.8. The number of unbranched alkanes of at least 4 members (excludes halogenated alkanes) is 9. The number of halogens is 1. The normalized spacial score (nSPS) is 19.3. The number of anilines is 1. The van der Waals surface area contributed by atoms with E-state index in [2.05, 4.69) is 142 Å². The SMILES string of the molecule is CCCCCCCCCCCC[N+]1=C(/C=C/C2=C(Cl)C(=C/C=C3/Nc4ccc5ccccc5c4C3(C)C)/CCC2)C(C)(C)c2c1ccc1ccccc21. The van der Waals surface area contributed by atoms with Crippen LogP contribution < -0.4 is 5.32 Å². The minimum atomic E-state index is -0.123. The van der Waals surface area contributed by atoms with Crippen LogP contribution in [-0.2, 0) is 10.8 Å². The van der Waals surface area contributed by atoms with Crippen LogP contribution >= 0.6 is 11.6 Å². The van der Waals surface area contributed by atoms with Crippen molar-refractivity contribution in [1.29, 1.82) is 0 Å². The number of nitrogens with zero attached hydrogens (tertiary/aromatic N) is 1. The van der Waals surface area contributed by atoms with E-state index in [0.717, 1.165) is 30.8 Å². The van der Waals surface area contributed by atoms with Crippen LogP contribution in [-0.4, -0.2) is 16.8 Å². The lowest BCUT2D eigenvalue weighted by molar-refractivity contribution is -0.438. The van der Waals surface area contributed by atoms with Crippen LogP contribution in [0.3, 0.4) is 0 Å². The molecule has 0 radical (unpaired) electrons. The van der Waals surface area contributed by atoms with Gasteiger partial charge in [0, 0.05) is 46.0 Å². The number of nitrogens with one attached hydrogen (secondary N) is 1. The van der Waals surface area contributed by atoms with Crippen molar-refractivity contribution < 1.29 is 4.58 Å². The maximum absolute atomic E-state index is 7.30. The molecule has 1 aliphatic carbocycles. The van der Waals surface area contributed by atoms with Crippen molar-refractivity contribution in [3.8, 4) is 0 Å². The fraction of sp³-hybridized carbons (Fsp3) is 0.420. The van der Waals surface area contributed by atoms with Gasteiger partial charge in [0.2, 0.25) is 5.69 Å². The molecule has 0 unspecified atom stereocenters. The van der Waals surface area contributed by atoms with Crippen LogP contribution in [0.1, 0.15) is 129 Å². The fourth-order valence-corrected chi connectivity index (χ4v) is 9.66. The van der Waals surface area contributed by atoms with Gasteiger partial charge in [-0.15, -0.1) is 0 Å². The lowest BCUT2D eigenvalue weighted by Gasteiger charge is -2.22. The second-order valence-corrected chi connectivity index (χ2v) is 17.2. The van der Waals surface area contributed by atoms with Crippen molar-refractivity contribution in [3.05, 3.63) is 130 Å². The number of fused-ring (bicyclic) bond motifs is 6. The first kappa shape index (κ1) is 37.4. The molecule has 4 aromatic carbocycles. The highest BCUT2D eigenvalue weighted by Gasteiger charge is 2.45. The third kappa shape index (κ3) is 7.59. The summed E-state index contributed by atoms with van der Waals surface area (Å²) in [5.41, 5.74) is 10.3. The standard InChI is InChI=1S/C50H59ClN2/c1-6-7-8-9-10-11-12-13-14-19-35-53-43-32-28-37-22-16-18-26-41(37)47(43)50(4,5)45(53)34-30-39-24-20-23-38(48(39)51)29-33-44-49(2,3)46-40-25-17-15-21-36(40)27-31-42(46)52-44/h15-18,21-22,25-34H,6-14,19-20,23-24,35H2,1-5H3/p+1. The van der Waals surface area contributed by atoms with E-state index in [9.17, 15) is 0 Å². The van der Waals surface area contributed by atoms with Gasteiger partial charge in [0.1, 0.15) is 6.54 Å². The molecule has 0 amide bonds. The number of hydrogen-bond acceptors (Lipinski definition) is 1. The van der Waals surface area contributed by atoms with Gasteiger partial charge < -0.3 is 5.32 Å². The van der Waals surface area contributed by atoms with E-state index in [-0.39, 0.29) is 10.8 Å². The van der Waals surface area contributed by atoms with Crippen LogP contribution in [0.15, 0.2) is 119 Å². The average molecular weight is 724 g/mol. The Kier molecular flexibility index (Phi) is 11.5. The Hall–Kier alpha value is -3.88. The van der Waals surface area contributed by atoms with Crippen molar-refractivity contribution >= 4 is 50.2 Å². The number of allylic oxidation sites excluding steroid dienone is 8. The molecule has 4 aromatic rings. The van der Waals surface area contributed by atoms with Gasteiger partial charge in [0.05, 0.1) is 5.41 Å². The number of hydrogen-bond donors (Lipinski definition) is 1. The molecule has 276 valence electrons. The van der Waals surface area contributed by atoms with Gasteiger partial charge >= 0.3 is 0 Å². The molecule has 53 heavy (non-hydrogen) atoms. The molecular weight excluding hydrogens is 664 g/mol. The maximum Gasteiger partial charge on any atom is 0.210 e. The molecule has 1 N–H and O–H groups in total. The van der Waals surface area contributed by atoms with Gasteiger partial charge in [-0.05, 0) is 96.0 Å². The summed E-state index contributed by atoms with van der Waals surface area (Å²) in [6.45, 7) is 12.9. The monoisotopic (exact) mass is 723 g/mol. The first-order chi connectivity index (χ1) is 25.7. The Bertz CT molecular complexity index is 2140. The number of benzene rings is 4. The third-order valence-corrected chi connectivity index (χ3v) is 12.8. The maximum atomic E-state index is 7.30. The summed E-state index contributed by atoms with van der Waals surface area (Å²) < 4.78 is 2.64. The van der Waals surface area contributed by atoms with Gasteiger partial charge in [-0.1, -0.05) is 150 Å². The van der Waals surface area contributed by atoms with E-state index in [4.69, 9.17) is 11.6 Å². The zero-order chi connectivity index (χ0) is 37.0. The van der Waals surface area contributed by atoms with Crippen molar-refractivity contribution in [2.45, 2.75) is 129 Å². The molecule has 0 spiro atoms. The van der Waals surface area contributed by atoms with Crippen LogP contribution in [0.25, 0.3) is 21.5 Å². The summed E-state index contributed by atoms with van der Waals surface area (Å²) in [4.78, 5) is 0. The zero-order valence-electron chi connectivity index (χ0n) is 33.0. The highest BCUT2D eigenvalue weighted by molar-refractivity contribution is 6.32. The molecule has 0 atom stereocenters. The minimum absolute atomic E-state index is 0.116. The molecule has 2 heterocycles. The Morgan fingerprint density at radius 3 is 1.98 bits per heavy atom. The van der Waals surface area contributed by atoms with Crippen LogP contribution in [0.4, 0.5) is 11.4 Å². The van der Waals surface area contributed by atoms with Crippen molar-refractivity contribution in [1.82, 2.24) is 0 Å². The molecule has 3 heteroatoms. The van der Waals surface area contributed by atoms with E-state index < -0.39 is 0 Å². The Morgan fingerprint density at radius 1 is 0.660 bits per heavy atom. The van der Waals surface area contributed by atoms with E-state index in [0.29, 0.717) is 0 Å². The molecule has 3 aliphatic rings. The van der Waals surface area contributed by atoms with E-state index in [1.54, 1.807) is 0 Å². The molecule has 0 saturated heterocycles. The highest BCUT2D eigenvalue weighted by atomic mass is 35.5. The third-order valence-electron chi connectivity index (χ3n) is 12.3. The molecule has 0 fully saturated rings. The topological polar surface area (TPSA) is 15.0 Å². The molecule has 0 saturated carbocycles. The first-order valence-electron chi connectivity index (χ1n) is 20.7. The summed E-state index contributed by atoms with van der Waals surface area (Å²) in [7, 11) is 0. The fourth-order valence-electron chi connectivity index (χ4n) is 9.34. The van der Waals surface area contributed by atoms with E-state index in [1.165, 1.54) is 131 Å². The molecule has 2 nitrogen and oxygen atoms in total. The molecule has 0 aromatic heterocycles. The molecule has 0 bridgehead atoms. The van der Waals surface area contributed by atoms with Crippen LogP contribution in [0, 0.1) is 0 Å². The largest absolute Gasteiger partial charge is 0.358 e. The summed E-state index contributed by atoms with van der Waals surface area (Å²) >= 11 is 7.30. The Labute approximate surface area is 324 Å². The summed E-state index contributed by atoms with van der Waals surface area (Å²) in [6.07, 6.45) is 26.0. The Morgan fingerprint density at radius 2 is 1.28 bits per heavy atom. The van der Waals surface area contributed by atoms with Crippen molar-refractivity contribution in [3.63, 3.8) is 0 Å². The van der Waals surface area contributed by atoms with Crippen LogP contribution in [0.2, 0.25) is 0 Å². The van der Waals surface area contributed by atoms with Crippen molar-refractivity contribution in [2.24, 2.45) is 0 Å². The summed E-state index contributed by atoms with van der Waals surface area (Å²) in [5.74, 6) is 0. The van der Waals surface area contributed by atoms with E-state index >= 15 is 0 Å². The van der Waals surface area contributed by atoms with E-state index in [1.807, 2.05) is 0 Å². The van der Waals surface area contributed by atoms with Gasteiger partial charge in [0.25, 0.3) is 0 Å². The highest BCUT2D eigenvalue weighted by Crippen LogP contribution is 2.48. The summed E-state index contributed by atoms with van der Waals surface area (Å²) in [5, 5.41) is 9.98. The van der Waals surface area contributed by atoms with Gasteiger partial charge in [0.15, 0.2) is 5.71 Å². The van der Waals surface area contributed by atoms with Crippen LogP contribution in [0.5, 0.6) is 0 Å². The van der Waals surface area contributed by atoms with Gasteiger partial charge in [-0.25, -0.2) is 0 Å². The lowest BCUT2D eigenvalue weighted by atomic mass is 9.78. The smallest absolute Gasteiger partial charge is 0.210 e.